The molecule has 0 bridgehead atoms. The number of hydrogen-bond donors (Lipinski definition) is 0. The summed E-state index contributed by atoms with van der Waals surface area (Å²) in [6, 6.07) is 21.7. The summed E-state index contributed by atoms with van der Waals surface area (Å²) in [6.45, 7) is 2.99. The Labute approximate surface area is 141 Å². The van der Waals surface area contributed by atoms with Crippen molar-refractivity contribution in [2.75, 3.05) is 0 Å². The minimum Gasteiger partial charge on any atom is -0.255 e. The van der Waals surface area contributed by atoms with Crippen molar-refractivity contribution in [2.45, 2.75) is 13.5 Å². The molecule has 2 heteroatoms. The summed E-state index contributed by atoms with van der Waals surface area (Å²) >= 11 is 0. The molecule has 114 valence electrons. The van der Waals surface area contributed by atoms with Crippen molar-refractivity contribution in [2.24, 2.45) is 0 Å². The van der Waals surface area contributed by atoms with Gasteiger partial charge in [0.1, 0.15) is 0 Å². The van der Waals surface area contributed by atoms with Crippen LogP contribution in [0.15, 0.2) is 73.1 Å². The highest BCUT2D eigenvalue weighted by Crippen LogP contribution is 2.43. The second kappa shape index (κ2) is 5.00. The number of rotatable bonds is 2. The van der Waals surface area contributed by atoms with E-state index in [2.05, 4.69) is 83.3 Å². The van der Waals surface area contributed by atoms with Crippen LogP contribution in [0.5, 0.6) is 0 Å². The highest BCUT2D eigenvalue weighted by Gasteiger charge is 2.30. The van der Waals surface area contributed by atoms with Crippen molar-refractivity contribution in [3.8, 4) is 22.5 Å². The minimum atomic E-state index is 0.869. The molecule has 0 radical (unpaired) electrons. The first-order chi connectivity index (χ1) is 11.8. The average molecular weight is 309 g/mol. The Morgan fingerprint density at radius 2 is 1.67 bits per heavy atom. The standard InChI is InChI=1S/C22H17N2/c1-15-6-8-16(9-7-15)14-24-13-11-17-10-12-23-21-18-4-2-3-5-19(18)22(24)20(17)21/h2-13H,14H2,1H3/q+1. The second-order valence-corrected chi connectivity index (χ2v) is 6.45. The van der Waals surface area contributed by atoms with E-state index in [4.69, 9.17) is 0 Å². The van der Waals surface area contributed by atoms with Crippen molar-refractivity contribution < 1.29 is 4.57 Å². The lowest BCUT2D eigenvalue weighted by Crippen LogP contribution is -2.36. The van der Waals surface area contributed by atoms with E-state index in [1.807, 2.05) is 6.20 Å². The van der Waals surface area contributed by atoms with Crippen molar-refractivity contribution in [1.29, 1.82) is 0 Å². The van der Waals surface area contributed by atoms with Gasteiger partial charge in [0, 0.05) is 23.4 Å². The zero-order chi connectivity index (χ0) is 16.1. The third kappa shape index (κ3) is 1.89. The fourth-order valence-corrected chi connectivity index (χ4v) is 3.66. The fourth-order valence-electron chi connectivity index (χ4n) is 3.66. The first-order valence-corrected chi connectivity index (χ1v) is 8.28. The number of aromatic nitrogens is 2. The Hall–Kier alpha value is -3.00. The molecule has 0 spiro atoms. The predicted octanol–water partition coefficient (Wildman–Crippen LogP) is 4.53. The molecular weight excluding hydrogens is 292 g/mol. The zero-order valence-corrected chi connectivity index (χ0v) is 13.5. The predicted molar refractivity (Wildman–Crippen MR) is 96.6 cm³/mol. The van der Waals surface area contributed by atoms with Gasteiger partial charge >= 0.3 is 0 Å². The summed E-state index contributed by atoms with van der Waals surface area (Å²) in [6.07, 6.45) is 4.11. The van der Waals surface area contributed by atoms with E-state index in [9.17, 15) is 0 Å². The molecular formula is C22H17N2+. The van der Waals surface area contributed by atoms with E-state index < -0.39 is 0 Å². The summed E-state index contributed by atoms with van der Waals surface area (Å²) in [5.74, 6) is 0. The third-order valence-electron chi connectivity index (χ3n) is 4.85. The lowest BCUT2D eigenvalue weighted by molar-refractivity contribution is -0.676. The summed E-state index contributed by atoms with van der Waals surface area (Å²) in [7, 11) is 0. The number of nitrogens with zero attached hydrogens (tertiary/aromatic N) is 2. The first kappa shape index (κ1) is 13.4. The molecule has 2 aromatic carbocycles. The fraction of sp³-hybridized carbons (Fsp3) is 0.0909. The van der Waals surface area contributed by atoms with E-state index in [1.54, 1.807) is 0 Å². The maximum absolute atomic E-state index is 4.67. The van der Waals surface area contributed by atoms with Gasteiger partial charge in [-0.3, -0.25) is 4.98 Å². The molecule has 2 nitrogen and oxygen atoms in total. The number of benzene rings is 2. The van der Waals surface area contributed by atoms with Crippen LogP contribution in [0, 0.1) is 6.92 Å². The summed E-state index contributed by atoms with van der Waals surface area (Å²) in [4.78, 5) is 4.67. The van der Waals surface area contributed by atoms with Crippen molar-refractivity contribution in [3.63, 3.8) is 0 Å². The van der Waals surface area contributed by atoms with Gasteiger partial charge in [0.25, 0.3) is 0 Å². The molecule has 0 saturated heterocycles. The van der Waals surface area contributed by atoms with Crippen LogP contribution in [0.4, 0.5) is 0 Å². The van der Waals surface area contributed by atoms with Crippen LogP contribution in [0.2, 0.25) is 0 Å². The monoisotopic (exact) mass is 309 g/mol. The van der Waals surface area contributed by atoms with Crippen LogP contribution in [-0.2, 0) is 6.54 Å². The van der Waals surface area contributed by atoms with Gasteiger partial charge in [-0.15, -0.1) is 0 Å². The van der Waals surface area contributed by atoms with Crippen LogP contribution < -0.4 is 4.57 Å². The highest BCUT2D eigenvalue weighted by molar-refractivity contribution is 6.11. The molecule has 0 fully saturated rings. The normalized spacial score (nSPS) is 11.7. The van der Waals surface area contributed by atoms with Crippen molar-refractivity contribution >= 4 is 10.8 Å². The molecule has 0 saturated carbocycles. The van der Waals surface area contributed by atoms with Gasteiger partial charge in [-0.05, 0) is 24.4 Å². The number of pyridine rings is 2. The largest absolute Gasteiger partial charge is 0.255 e. The zero-order valence-electron chi connectivity index (χ0n) is 13.5. The highest BCUT2D eigenvalue weighted by atomic mass is 15.0. The molecule has 0 aliphatic heterocycles. The van der Waals surface area contributed by atoms with Crippen molar-refractivity contribution in [3.05, 3.63) is 84.2 Å². The van der Waals surface area contributed by atoms with Gasteiger partial charge < -0.3 is 0 Å². The maximum atomic E-state index is 4.67. The van der Waals surface area contributed by atoms with E-state index in [0.717, 1.165) is 12.2 Å². The Morgan fingerprint density at radius 1 is 0.875 bits per heavy atom. The van der Waals surface area contributed by atoms with Crippen molar-refractivity contribution in [1.82, 2.24) is 4.98 Å². The Balaban J connectivity index is 1.76. The SMILES string of the molecule is Cc1ccc(C[n+]2ccc3ccnc4c3c2-c2ccccc2-4)cc1. The molecule has 0 unspecified atom stereocenters. The molecule has 24 heavy (non-hydrogen) atoms. The first-order valence-electron chi connectivity index (χ1n) is 8.28. The van der Waals surface area contributed by atoms with E-state index in [-0.39, 0.29) is 0 Å². The minimum absolute atomic E-state index is 0.869. The quantitative estimate of drug-likeness (QED) is 0.438. The number of aryl methyl sites for hydroxylation is 1. The Morgan fingerprint density at radius 3 is 2.50 bits per heavy atom. The number of fused-ring (bicyclic) bond motifs is 3. The average Bonchev–Trinajstić information content (AvgIpc) is 2.96. The molecule has 4 aromatic rings. The molecule has 0 N–H and O–H groups in total. The van der Waals surface area contributed by atoms with Crippen LogP contribution in [0.1, 0.15) is 11.1 Å². The molecule has 0 atom stereocenters. The molecule has 5 rings (SSSR count). The molecule has 2 heterocycles. The third-order valence-corrected chi connectivity index (χ3v) is 4.85. The van der Waals surface area contributed by atoms with Crippen LogP contribution in [0.25, 0.3) is 33.3 Å². The maximum Gasteiger partial charge on any atom is 0.223 e. The van der Waals surface area contributed by atoms with Crippen LogP contribution >= 0.6 is 0 Å². The van der Waals surface area contributed by atoms with E-state index in [0.29, 0.717) is 0 Å². The molecule has 1 aliphatic rings. The Bertz CT molecular complexity index is 1080. The summed E-state index contributed by atoms with van der Waals surface area (Å²) in [5, 5.41) is 2.53. The van der Waals surface area contributed by atoms with Gasteiger partial charge in [-0.25, -0.2) is 0 Å². The lowest BCUT2D eigenvalue weighted by atomic mass is 10.1. The van der Waals surface area contributed by atoms with Crippen LogP contribution in [-0.4, -0.2) is 4.98 Å². The van der Waals surface area contributed by atoms with Crippen LogP contribution in [0.3, 0.4) is 0 Å². The van der Waals surface area contributed by atoms with Gasteiger partial charge in [0.05, 0.1) is 16.6 Å². The van der Waals surface area contributed by atoms with Gasteiger partial charge in [0.2, 0.25) is 5.69 Å². The second-order valence-electron chi connectivity index (χ2n) is 6.45. The lowest BCUT2D eigenvalue weighted by Gasteiger charge is -2.05. The smallest absolute Gasteiger partial charge is 0.223 e. The molecule has 1 aliphatic carbocycles. The molecule has 0 amide bonds. The Kier molecular flexibility index (Phi) is 2.80. The topological polar surface area (TPSA) is 16.8 Å². The number of hydrogen-bond acceptors (Lipinski definition) is 1. The van der Waals surface area contributed by atoms with Gasteiger partial charge in [-0.2, -0.15) is 4.57 Å². The van der Waals surface area contributed by atoms with Gasteiger partial charge in [0.15, 0.2) is 12.7 Å². The van der Waals surface area contributed by atoms with Gasteiger partial charge in [-0.1, -0.05) is 48.0 Å². The molecule has 2 aromatic heterocycles. The van der Waals surface area contributed by atoms with E-state index >= 15 is 0 Å². The summed E-state index contributed by atoms with van der Waals surface area (Å²) < 4.78 is 2.35. The summed E-state index contributed by atoms with van der Waals surface area (Å²) in [5.41, 5.74) is 7.52. The van der Waals surface area contributed by atoms with E-state index in [1.165, 1.54) is 38.7 Å².